The summed E-state index contributed by atoms with van der Waals surface area (Å²) in [6.07, 6.45) is 1.40. The number of aromatic nitrogens is 1. The van der Waals surface area contributed by atoms with Crippen molar-refractivity contribution in [2.75, 3.05) is 26.9 Å². The highest BCUT2D eigenvalue weighted by Crippen LogP contribution is 2.36. The molecule has 0 bridgehead atoms. The van der Waals surface area contributed by atoms with Crippen molar-refractivity contribution in [3.8, 4) is 11.3 Å². The minimum atomic E-state index is -0.716. The molecule has 152 valence electrons. The van der Waals surface area contributed by atoms with Crippen molar-refractivity contribution in [1.29, 1.82) is 0 Å². The summed E-state index contributed by atoms with van der Waals surface area (Å²) in [5.41, 5.74) is -0.281. The molecule has 1 fully saturated rings. The van der Waals surface area contributed by atoms with Crippen LogP contribution in [0.25, 0.3) is 11.3 Å². The average Bonchev–Trinajstić information content (AvgIpc) is 3.10. The van der Waals surface area contributed by atoms with Crippen LogP contribution in [0.3, 0.4) is 0 Å². The molecule has 1 aromatic heterocycles. The zero-order chi connectivity index (χ0) is 20.1. The Morgan fingerprint density at radius 3 is 2.75 bits per heavy atom. The summed E-state index contributed by atoms with van der Waals surface area (Å²) in [6.45, 7) is 3.23. The van der Waals surface area contributed by atoms with Gasteiger partial charge in [-0.25, -0.2) is 8.78 Å². The van der Waals surface area contributed by atoms with E-state index < -0.39 is 17.0 Å². The predicted molar refractivity (Wildman–Crippen MR) is 97.5 cm³/mol. The van der Waals surface area contributed by atoms with Crippen molar-refractivity contribution in [2.24, 2.45) is 5.41 Å². The maximum Gasteiger partial charge on any atom is 0.227 e. The fraction of sp³-hybridized carbons (Fsp3) is 0.500. The smallest absolute Gasteiger partial charge is 0.227 e. The molecule has 1 aromatic carbocycles. The van der Waals surface area contributed by atoms with Crippen LogP contribution in [0.4, 0.5) is 8.78 Å². The van der Waals surface area contributed by atoms with Gasteiger partial charge in [0.2, 0.25) is 5.91 Å². The third kappa shape index (κ3) is 4.56. The topological polar surface area (TPSA) is 73.6 Å². The van der Waals surface area contributed by atoms with E-state index in [4.69, 9.17) is 14.0 Å². The molecule has 2 heterocycles. The lowest BCUT2D eigenvalue weighted by Crippen LogP contribution is -2.49. The van der Waals surface area contributed by atoms with Crippen LogP contribution in [-0.2, 0) is 20.7 Å². The molecule has 0 aliphatic carbocycles. The average molecular weight is 394 g/mol. The number of ether oxygens (including phenoxy) is 2. The van der Waals surface area contributed by atoms with E-state index in [0.29, 0.717) is 44.8 Å². The van der Waals surface area contributed by atoms with Crippen LogP contribution >= 0.6 is 0 Å². The van der Waals surface area contributed by atoms with Gasteiger partial charge in [0.25, 0.3) is 0 Å². The number of carbonyl (C=O) groups excluding carboxylic acids is 1. The van der Waals surface area contributed by atoms with Crippen molar-refractivity contribution in [3.63, 3.8) is 0 Å². The third-order valence-electron chi connectivity index (χ3n) is 5.00. The fourth-order valence-electron chi connectivity index (χ4n) is 3.47. The van der Waals surface area contributed by atoms with Gasteiger partial charge in [-0.15, -0.1) is 0 Å². The number of methoxy groups -OCH3 is 1. The Labute approximate surface area is 162 Å². The molecule has 1 saturated heterocycles. The molecule has 1 amide bonds. The van der Waals surface area contributed by atoms with Gasteiger partial charge in [-0.2, -0.15) is 0 Å². The summed E-state index contributed by atoms with van der Waals surface area (Å²) in [7, 11) is 1.58. The Balaban J connectivity index is 1.80. The number of hydrogen-bond donors (Lipinski definition) is 1. The van der Waals surface area contributed by atoms with Gasteiger partial charge in [0.15, 0.2) is 0 Å². The van der Waals surface area contributed by atoms with E-state index in [1.807, 2.05) is 6.92 Å². The summed E-state index contributed by atoms with van der Waals surface area (Å²) in [4.78, 5) is 13.0. The van der Waals surface area contributed by atoms with Crippen LogP contribution in [0.2, 0.25) is 0 Å². The van der Waals surface area contributed by atoms with Gasteiger partial charge in [-0.3, -0.25) is 4.79 Å². The molecule has 0 radical (unpaired) electrons. The Morgan fingerprint density at radius 1 is 1.32 bits per heavy atom. The number of benzene rings is 1. The molecular weight excluding hydrogens is 370 g/mol. The lowest BCUT2D eigenvalue weighted by Gasteiger charge is -2.35. The van der Waals surface area contributed by atoms with E-state index in [0.717, 1.165) is 12.1 Å². The SMILES string of the molecule is COCC(C)NC(=O)C1(Cc2cc(-c3ccc(F)cc3F)no2)CCOCC1. The van der Waals surface area contributed by atoms with Crippen LogP contribution in [0, 0.1) is 17.0 Å². The summed E-state index contributed by atoms with van der Waals surface area (Å²) < 4.78 is 43.0. The number of amides is 1. The zero-order valence-electron chi connectivity index (χ0n) is 16.0. The number of nitrogens with one attached hydrogen (secondary N) is 1. The standard InChI is InChI=1S/C20H24F2N2O4/c1-13(12-26-2)23-19(25)20(5-7-27-8-6-20)11-15-10-18(24-28-15)16-4-3-14(21)9-17(16)22/h3-4,9-10,13H,5-8,11-12H2,1-2H3,(H,23,25). The molecule has 0 spiro atoms. The summed E-state index contributed by atoms with van der Waals surface area (Å²) in [5, 5.41) is 6.89. The van der Waals surface area contributed by atoms with Crippen LogP contribution in [0.1, 0.15) is 25.5 Å². The molecule has 1 aliphatic rings. The minimum Gasteiger partial charge on any atom is -0.383 e. The van der Waals surface area contributed by atoms with Crippen LogP contribution in [0.15, 0.2) is 28.8 Å². The maximum atomic E-state index is 14.0. The maximum absolute atomic E-state index is 14.0. The van der Waals surface area contributed by atoms with Gasteiger partial charge in [0.05, 0.1) is 12.0 Å². The highest BCUT2D eigenvalue weighted by Gasteiger charge is 2.41. The molecular formula is C20H24F2N2O4. The number of carbonyl (C=O) groups is 1. The summed E-state index contributed by atoms with van der Waals surface area (Å²) in [6, 6.07) is 4.75. The molecule has 2 aromatic rings. The highest BCUT2D eigenvalue weighted by atomic mass is 19.1. The second kappa shape index (κ2) is 8.79. The van der Waals surface area contributed by atoms with Crippen LogP contribution < -0.4 is 5.32 Å². The fourth-order valence-corrected chi connectivity index (χ4v) is 3.47. The molecule has 1 aliphatic heterocycles. The molecule has 0 saturated carbocycles. The second-order valence-corrected chi connectivity index (χ2v) is 7.20. The van der Waals surface area contributed by atoms with Gasteiger partial charge in [-0.1, -0.05) is 5.16 Å². The van der Waals surface area contributed by atoms with Gasteiger partial charge in [0.1, 0.15) is 23.1 Å². The van der Waals surface area contributed by atoms with Crippen molar-refractivity contribution < 1.29 is 27.6 Å². The van der Waals surface area contributed by atoms with Gasteiger partial charge in [0, 0.05) is 50.5 Å². The van der Waals surface area contributed by atoms with E-state index in [1.54, 1.807) is 13.2 Å². The first-order valence-corrected chi connectivity index (χ1v) is 9.22. The normalized spacial score (nSPS) is 17.3. The number of rotatable bonds is 7. The molecule has 8 heteroatoms. The molecule has 1 unspecified atom stereocenters. The van der Waals surface area contributed by atoms with Crippen molar-refractivity contribution in [2.45, 2.75) is 32.2 Å². The van der Waals surface area contributed by atoms with Crippen LogP contribution in [-0.4, -0.2) is 44.0 Å². The lowest BCUT2D eigenvalue weighted by atomic mass is 9.75. The second-order valence-electron chi connectivity index (χ2n) is 7.20. The van der Waals surface area contributed by atoms with Crippen molar-refractivity contribution in [3.05, 3.63) is 41.7 Å². The van der Waals surface area contributed by atoms with Gasteiger partial charge in [-0.05, 0) is 31.9 Å². The van der Waals surface area contributed by atoms with E-state index in [9.17, 15) is 13.6 Å². The first-order valence-electron chi connectivity index (χ1n) is 9.22. The Kier molecular flexibility index (Phi) is 6.41. The minimum absolute atomic E-state index is 0.0914. The van der Waals surface area contributed by atoms with E-state index >= 15 is 0 Å². The monoisotopic (exact) mass is 394 g/mol. The molecule has 1 N–H and O–H groups in total. The first kappa shape index (κ1) is 20.4. The van der Waals surface area contributed by atoms with Gasteiger partial charge < -0.3 is 19.3 Å². The van der Waals surface area contributed by atoms with Gasteiger partial charge >= 0.3 is 0 Å². The number of halogens is 2. The predicted octanol–water partition coefficient (Wildman–Crippen LogP) is 3.11. The number of hydrogen-bond acceptors (Lipinski definition) is 5. The molecule has 3 rings (SSSR count). The molecule has 6 nitrogen and oxygen atoms in total. The Morgan fingerprint density at radius 2 is 2.07 bits per heavy atom. The molecule has 28 heavy (non-hydrogen) atoms. The zero-order valence-corrected chi connectivity index (χ0v) is 16.0. The van der Waals surface area contributed by atoms with E-state index in [1.165, 1.54) is 6.07 Å². The third-order valence-corrected chi connectivity index (χ3v) is 5.00. The number of nitrogens with zero attached hydrogens (tertiary/aromatic N) is 1. The summed E-state index contributed by atoms with van der Waals surface area (Å²) >= 11 is 0. The van der Waals surface area contributed by atoms with Crippen LogP contribution in [0.5, 0.6) is 0 Å². The Hall–Kier alpha value is -2.32. The molecule has 1 atom stereocenters. The quantitative estimate of drug-likeness (QED) is 0.781. The highest BCUT2D eigenvalue weighted by molar-refractivity contribution is 5.83. The van der Waals surface area contributed by atoms with Crippen molar-refractivity contribution >= 4 is 5.91 Å². The first-order chi connectivity index (χ1) is 13.4. The van der Waals surface area contributed by atoms with E-state index in [2.05, 4.69) is 10.5 Å². The summed E-state index contributed by atoms with van der Waals surface area (Å²) in [5.74, 6) is -0.999. The lowest BCUT2D eigenvalue weighted by molar-refractivity contribution is -0.138. The Bertz CT molecular complexity index is 818. The largest absolute Gasteiger partial charge is 0.383 e. The van der Waals surface area contributed by atoms with Crippen molar-refractivity contribution in [1.82, 2.24) is 10.5 Å². The van der Waals surface area contributed by atoms with E-state index in [-0.39, 0.29) is 23.2 Å².